The SMILES string of the molecule is CNCc1ccc(Br)c(S(=O)(=O)NC2CCCC2C)c1. The van der Waals surface area contributed by atoms with Gasteiger partial charge in [-0.25, -0.2) is 13.1 Å². The lowest BCUT2D eigenvalue weighted by Crippen LogP contribution is -2.36. The van der Waals surface area contributed by atoms with Gasteiger partial charge in [0.15, 0.2) is 0 Å². The van der Waals surface area contributed by atoms with Crippen molar-refractivity contribution in [3.05, 3.63) is 28.2 Å². The van der Waals surface area contributed by atoms with Gasteiger partial charge in [-0.05, 0) is 59.4 Å². The Morgan fingerprint density at radius 3 is 2.70 bits per heavy atom. The summed E-state index contributed by atoms with van der Waals surface area (Å²) in [5.41, 5.74) is 0.954. The molecule has 0 heterocycles. The molecule has 4 nitrogen and oxygen atoms in total. The predicted molar refractivity (Wildman–Crippen MR) is 84.0 cm³/mol. The van der Waals surface area contributed by atoms with Crippen LogP contribution in [0.15, 0.2) is 27.6 Å². The number of nitrogens with one attached hydrogen (secondary N) is 2. The number of hydrogen-bond donors (Lipinski definition) is 2. The lowest BCUT2D eigenvalue weighted by Gasteiger charge is -2.18. The highest BCUT2D eigenvalue weighted by atomic mass is 79.9. The van der Waals surface area contributed by atoms with E-state index in [9.17, 15) is 8.42 Å². The third-order valence-corrected chi connectivity index (χ3v) is 6.32. The third-order valence-electron chi connectivity index (χ3n) is 3.83. The molecule has 0 aliphatic heterocycles. The van der Waals surface area contributed by atoms with Gasteiger partial charge in [-0.1, -0.05) is 19.4 Å². The van der Waals surface area contributed by atoms with E-state index in [4.69, 9.17) is 0 Å². The smallest absolute Gasteiger partial charge is 0.241 e. The minimum atomic E-state index is -3.47. The van der Waals surface area contributed by atoms with Crippen molar-refractivity contribution in [1.29, 1.82) is 0 Å². The van der Waals surface area contributed by atoms with Gasteiger partial charge in [-0.3, -0.25) is 0 Å². The molecule has 1 aromatic rings. The van der Waals surface area contributed by atoms with Crippen LogP contribution >= 0.6 is 15.9 Å². The maximum Gasteiger partial charge on any atom is 0.241 e. The van der Waals surface area contributed by atoms with Crippen molar-refractivity contribution in [2.24, 2.45) is 5.92 Å². The fraction of sp³-hybridized carbons (Fsp3) is 0.571. The molecular weight excluding hydrogens is 340 g/mol. The lowest BCUT2D eigenvalue weighted by atomic mass is 10.1. The van der Waals surface area contributed by atoms with Crippen LogP contribution in [0.3, 0.4) is 0 Å². The van der Waals surface area contributed by atoms with E-state index >= 15 is 0 Å². The van der Waals surface area contributed by atoms with Gasteiger partial charge in [-0.15, -0.1) is 0 Å². The molecular formula is C14H21BrN2O2S. The second kappa shape index (κ2) is 6.56. The van der Waals surface area contributed by atoms with Crippen LogP contribution in [0.25, 0.3) is 0 Å². The minimum Gasteiger partial charge on any atom is -0.316 e. The van der Waals surface area contributed by atoms with E-state index in [-0.39, 0.29) is 6.04 Å². The predicted octanol–water partition coefficient (Wildman–Crippen LogP) is 2.64. The molecule has 0 aromatic heterocycles. The van der Waals surface area contributed by atoms with E-state index in [1.165, 1.54) is 0 Å². The van der Waals surface area contributed by atoms with E-state index in [1.54, 1.807) is 12.1 Å². The molecule has 0 amide bonds. The first kappa shape index (κ1) is 15.9. The van der Waals surface area contributed by atoms with Gasteiger partial charge in [0.1, 0.15) is 0 Å². The maximum absolute atomic E-state index is 12.5. The Balaban J connectivity index is 2.26. The van der Waals surface area contributed by atoms with Gasteiger partial charge in [0.25, 0.3) is 0 Å². The Hall–Kier alpha value is -0.430. The van der Waals surface area contributed by atoms with Crippen molar-refractivity contribution in [2.75, 3.05) is 7.05 Å². The summed E-state index contributed by atoms with van der Waals surface area (Å²) in [5, 5.41) is 3.03. The number of benzene rings is 1. The number of halogens is 1. The molecule has 6 heteroatoms. The van der Waals surface area contributed by atoms with Crippen molar-refractivity contribution < 1.29 is 8.42 Å². The summed E-state index contributed by atoms with van der Waals surface area (Å²) < 4.78 is 28.6. The van der Waals surface area contributed by atoms with Crippen LogP contribution < -0.4 is 10.0 Å². The largest absolute Gasteiger partial charge is 0.316 e. The molecule has 2 unspecified atom stereocenters. The Bertz CT molecular complexity index is 575. The van der Waals surface area contributed by atoms with Gasteiger partial charge in [0, 0.05) is 17.1 Å². The molecule has 1 aliphatic rings. The normalized spacial score (nSPS) is 23.1. The first-order valence-corrected chi connectivity index (χ1v) is 9.17. The molecule has 0 radical (unpaired) electrons. The van der Waals surface area contributed by atoms with Gasteiger partial charge >= 0.3 is 0 Å². The molecule has 1 aliphatic carbocycles. The maximum atomic E-state index is 12.5. The minimum absolute atomic E-state index is 0.0554. The average Bonchev–Trinajstić information content (AvgIpc) is 2.77. The second-order valence-corrected chi connectivity index (χ2v) is 7.97. The lowest BCUT2D eigenvalue weighted by molar-refractivity contribution is 0.476. The van der Waals surface area contributed by atoms with Crippen molar-refractivity contribution in [2.45, 2.75) is 43.7 Å². The van der Waals surface area contributed by atoms with Crippen LogP contribution in [0.5, 0.6) is 0 Å². The van der Waals surface area contributed by atoms with E-state index < -0.39 is 10.0 Å². The summed E-state index contributed by atoms with van der Waals surface area (Å²) >= 11 is 3.34. The molecule has 1 saturated carbocycles. The van der Waals surface area contributed by atoms with Crippen molar-refractivity contribution >= 4 is 26.0 Å². The molecule has 0 spiro atoms. The Labute approximate surface area is 129 Å². The standard InChI is InChI=1S/C14H21BrN2O2S/c1-10-4-3-5-13(10)17-20(18,19)14-8-11(9-16-2)6-7-12(14)15/h6-8,10,13,16-17H,3-5,9H2,1-2H3. The molecule has 2 N–H and O–H groups in total. The van der Waals surface area contributed by atoms with Gasteiger partial charge in [0.05, 0.1) is 4.90 Å². The molecule has 20 heavy (non-hydrogen) atoms. The molecule has 1 aromatic carbocycles. The molecule has 2 atom stereocenters. The van der Waals surface area contributed by atoms with E-state index in [0.29, 0.717) is 21.8 Å². The van der Waals surface area contributed by atoms with E-state index in [2.05, 4.69) is 32.9 Å². The average molecular weight is 361 g/mol. The molecule has 112 valence electrons. The van der Waals surface area contributed by atoms with Crippen LogP contribution in [-0.4, -0.2) is 21.5 Å². The topological polar surface area (TPSA) is 58.2 Å². The van der Waals surface area contributed by atoms with Crippen molar-refractivity contribution in [3.63, 3.8) is 0 Å². The summed E-state index contributed by atoms with van der Waals surface area (Å²) in [6.07, 6.45) is 3.11. The summed E-state index contributed by atoms with van der Waals surface area (Å²) in [6, 6.07) is 5.49. The summed E-state index contributed by atoms with van der Waals surface area (Å²) in [7, 11) is -1.63. The van der Waals surface area contributed by atoms with E-state index in [0.717, 1.165) is 24.8 Å². The summed E-state index contributed by atoms with van der Waals surface area (Å²) in [6.45, 7) is 2.75. The fourth-order valence-electron chi connectivity index (χ4n) is 2.65. The first-order valence-electron chi connectivity index (χ1n) is 6.89. The Morgan fingerprint density at radius 1 is 1.35 bits per heavy atom. The number of rotatable bonds is 5. The van der Waals surface area contributed by atoms with Crippen LogP contribution in [0.2, 0.25) is 0 Å². The molecule has 2 rings (SSSR count). The van der Waals surface area contributed by atoms with Gasteiger partial charge in [0.2, 0.25) is 10.0 Å². The summed E-state index contributed by atoms with van der Waals surface area (Å²) in [5.74, 6) is 0.407. The Morgan fingerprint density at radius 2 is 2.10 bits per heavy atom. The zero-order valence-corrected chi connectivity index (χ0v) is 14.2. The first-order chi connectivity index (χ1) is 9.44. The van der Waals surface area contributed by atoms with Crippen LogP contribution in [0, 0.1) is 5.92 Å². The van der Waals surface area contributed by atoms with Gasteiger partial charge < -0.3 is 5.32 Å². The third kappa shape index (κ3) is 3.61. The quantitative estimate of drug-likeness (QED) is 0.848. The number of hydrogen-bond acceptors (Lipinski definition) is 3. The molecule has 1 fully saturated rings. The summed E-state index contributed by atoms with van der Waals surface area (Å²) in [4.78, 5) is 0.323. The second-order valence-electron chi connectivity index (χ2n) is 5.43. The van der Waals surface area contributed by atoms with Gasteiger partial charge in [-0.2, -0.15) is 0 Å². The van der Waals surface area contributed by atoms with Crippen molar-refractivity contribution in [1.82, 2.24) is 10.0 Å². The molecule has 0 bridgehead atoms. The van der Waals surface area contributed by atoms with E-state index in [1.807, 2.05) is 13.1 Å². The highest BCUT2D eigenvalue weighted by molar-refractivity contribution is 9.10. The zero-order valence-electron chi connectivity index (χ0n) is 11.8. The van der Waals surface area contributed by atoms with Crippen LogP contribution in [0.4, 0.5) is 0 Å². The number of sulfonamides is 1. The van der Waals surface area contributed by atoms with Crippen LogP contribution in [-0.2, 0) is 16.6 Å². The van der Waals surface area contributed by atoms with Crippen molar-refractivity contribution in [3.8, 4) is 0 Å². The highest BCUT2D eigenvalue weighted by Gasteiger charge is 2.29. The van der Waals surface area contributed by atoms with Crippen LogP contribution in [0.1, 0.15) is 31.7 Å². The highest BCUT2D eigenvalue weighted by Crippen LogP contribution is 2.28. The zero-order chi connectivity index (χ0) is 14.8. The Kier molecular flexibility index (Phi) is 5.23. The fourth-order valence-corrected chi connectivity index (χ4v) is 5.04. The monoisotopic (exact) mass is 360 g/mol. The molecule has 0 saturated heterocycles.